The topological polar surface area (TPSA) is 85.5 Å². The summed E-state index contributed by atoms with van der Waals surface area (Å²) in [6.07, 6.45) is 11.6. The lowest BCUT2D eigenvalue weighted by atomic mass is 9.88. The maximum atomic E-state index is 5.82. The van der Waals surface area contributed by atoms with Gasteiger partial charge in [0.05, 0.1) is 11.7 Å². The molecule has 0 aromatic carbocycles. The van der Waals surface area contributed by atoms with Crippen molar-refractivity contribution in [1.82, 2.24) is 24.0 Å². The van der Waals surface area contributed by atoms with Gasteiger partial charge in [-0.2, -0.15) is 0 Å². The molecule has 4 heterocycles. The second kappa shape index (κ2) is 5.04. The van der Waals surface area contributed by atoms with Gasteiger partial charge in [0.25, 0.3) is 0 Å². The van der Waals surface area contributed by atoms with Gasteiger partial charge in [0.15, 0.2) is 0 Å². The van der Waals surface area contributed by atoms with Crippen LogP contribution in [-0.2, 0) is 0 Å². The number of hydrogen-bond donors (Lipinski definition) is 2. The summed E-state index contributed by atoms with van der Waals surface area (Å²) in [4.78, 5) is 8.74. The number of anilines is 1. The fourth-order valence-electron chi connectivity index (χ4n) is 3.25. The maximum Gasteiger partial charge on any atom is 0.241 e. The molecule has 24 heavy (non-hydrogen) atoms. The van der Waals surface area contributed by atoms with Crippen molar-refractivity contribution >= 4 is 17.1 Å². The highest BCUT2D eigenvalue weighted by molar-refractivity contribution is 5.80. The molecule has 0 amide bonds. The van der Waals surface area contributed by atoms with Gasteiger partial charge < -0.3 is 15.5 Å². The molecule has 0 saturated heterocycles. The minimum atomic E-state index is 0.308. The quantitative estimate of drug-likeness (QED) is 0.603. The third-order valence-electron chi connectivity index (χ3n) is 4.62. The average Bonchev–Trinajstić information content (AvgIpc) is 3.18. The molecule has 120 valence electrons. The molecule has 0 bridgehead atoms. The predicted molar refractivity (Wildman–Crippen MR) is 91.8 cm³/mol. The Labute approximate surface area is 138 Å². The zero-order chi connectivity index (χ0) is 16.1. The number of hydrogen-bond acceptors (Lipinski definition) is 5. The van der Waals surface area contributed by atoms with Crippen LogP contribution in [0.4, 0.5) is 5.95 Å². The molecule has 3 N–H and O–H groups in total. The van der Waals surface area contributed by atoms with Crippen LogP contribution in [0.5, 0.6) is 0 Å². The van der Waals surface area contributed by atoms with Crippen LogP contribution in [-0.4, -0.2) is 36.1 Å². The van der Waals surface area contributed by atoms with E-state index in [1.54, 1.807) is 6.20 Å². The molecular formula is C17H17N7. The molecule has 1 saturated carbocycles. The number of rotatable bonds is 3. The Kier molecular flexibility index (Phi) is 2.83. The second-order valence-electron chi connectivity index (χ2n) is 6.32. The number of imidazole rings is 1. The largest absolute Gasteiger partial charge is 0.350 e. The number of nitrogens with zero attached hydrogens (tertiary/aromatic N) is 5. The average molecular weight is 319 g/mol. The van der Waals surface area contributed by atoms with Gasteiger partial charge in [-0.15, -0.1) is 5.10 Å². The van der Waals surface area contributed by atoms with E-state index < -0.39 is 0 Å². The Morgan fingerprint density at radius 3 is 2.92 bits per heavy atom. The fourth-order valence-corrected chi connectivity index (χ4v) is 3.25. The fraction of sp³-hybridized carbons (Fsp3) is 0.235. The van der Waals surface area contributed by atoms with Crippen LogP contribution in [0.1, 0.15) is 12.8 Å². The van der Waals surface area contributed by atoms with Crippen molar-refractivity contribution < 1.29 is 0 Å². The first-order chi connectivity index (χ1) is 11.8. The Balaban J connectivity index is 1.50. The molecule has 0 aliphatic heterocycles. The van der Waals surface area contributed by atoms with Gasteiger partial charge in [-0.05, 0) is 31.0 Å². The van der Waals surface area contributed by atoms with E-state index in [4.69, 9.17) is 5.73 Å². The molecule has 0 radical (unpaired) electrons. The molecule has 0 unspecified atom stereocenters. The molecule has 1 aliphatic rings. The molecule has 0 spiro atoms. The van der Waals surface area contributed by atoms with Gasteiger partial charge >= 0.3 is 0 Å². The van der Waals surface area contributed by atoms with Gasteiger partial charge in [0.2, 0.25) is 5.95 Å². The zero-order valence-electron chi connectivity index (χ0n) is 13.0. The van der Waals surface area contributed by atoms with Crippen LogP contribution < -0.4 is 11.1 Å². The lowest BCUT2D eigenvalue weighted by Gasteiger charge is -2.32. The first kappa shape index (κ1) is 13.5. The number of nitrogens with two attached hydrogens (primary N) is 1. The minimum absolute atomic E-state index is 0.308. The highest BCUT2D eigenvalue weighted by Crippen LogP contribution is 2.26. The van der Waals surface area contributed by atoms with Crippen molar-refractivity contribution in [3.8, 4) is 11.1 Å². The summed E-state index contributed by atoms with van der Waals surface area (Å²) < 4.78 is 3.87. The highest BCUT2D eigenvalue weighted by atomic mass is 15.3. The van der Waals surface area contributed by atoms with Crippen LogP contribution >= 0.6 is 0 Å². The summed E-state index contributed by atoms with van der Waals surface area (Å²) in [5, 5.41) is 7.89. The Bertz CT molecular complexity index is 1030. The smallest absolute Gasteiger partial charge is 0.241 e. The van der Waals surface area contributed by atoms with Crippen molar-refractivity contribution in [2.75, 3.05) is 5.32 Å². The summed E-state index contributed by atoms with van der Waals surface area (Å²) in [7, 11) is 0. The van der Waals surface area contributed by atoms with Crippen molar-refractivity contribution in [3.63, 3.8) is 0 Å². The van der Waals surface area contributed by atoms with E-state index in [1.807, 2.05) is 33.6 Å². The monoisotopic (exact) mass is 319 g/mol. The molecule has 5 rings (SSSR count). The number of aromatic nitrogens is 5. The summed E-state index contributed by atoms with van der Waals surface area (Å²) >= 11 is 0. The summed E-state index contributed by atoms with van der Waals surface area (Å²) in [5.74, 6) is 0.645. The second-order valence-corrected chi connectivity index (χ2v) is 6.32. The molecule has 7 nitrogen and oxygen atoms in total. The van der Waals surface area contributed by atoms with E-state index in [1.165, 1.54) is 0 Å². The SMILES string of the molecule is N[C@H]1C[C@H](Nc2ncc3c(-c4ccc5nccn5c4)ccn3n2)C1. The van der Waals surface area contributed by atoms with Gasteiger partial charge in [-0.1, -0.05) is 0 Å². The van der Waals surface area contributed by atoms with Gasteiger partial charge in [-0.25, -0.2) is 14.5 Å². The third-order valence-corrected chi connectivity index (χ3v) is 4.62. The maximum absolute atomic E-state index is 5.82. The number of nitrogens with one attached hydrogen (secondary N) is 1. The Morgan fingerprint density at radius 2 is 2.04 bits per heavy atom. The van der Waals surface area contributed by atoms with Crippen molar-refractivity contribution in [3.05, 3.63) is 49.2 Å². The van der Waals surface area contributed by atoms with Crippen LogP contribution in [0.3, 0.4) is 0 Å². The van der Waals surface area contributed by atoms with E-state index in [0.717, 1.165) is 35.1 Å². The van der Waals surface area contributed by atoms with Gasteiger partial charge in [-0.3, -0.25) is 0 Å². The lowest BCUT2D eigenvalue weighted by molar-refractivity contribution is 0.371. The highest BCUT2D eigenvalue weighted by Gasteiger charge is 2.26. The van der Waals surface area contributed by atoms with Crippen LogP contribution in [0.15, 0.2) is 49.2 Å². The summed E-state index contributed by atoms with van der Waals surface area (Å²) in [6.45, 7) is 0. The Hall–Kier alpha value is -2.93. The van der Waals surface area contributed by atoms with Gasteiger partial charge in [0, 0.05) is 48.0 Å². The van der Waals surface area contributed by atoms with E-state index in [2.05, 4.69) is 38.7 Å². The van der Waals surface area contributed by atoms with Crippen LogP contribution in [0.25, 0.3) is 22.3 Å². The molecule has 1 fully saturated rings. The molecule has 4 aromatic rings. The first-order valence-corrected chi connectivity index (χ1v) is 8.06. The molecule has 1 aliphatic carbocycles. The standard InChI is InChI=1S/C17H17N7/c18-12-7-13(8-12)21-17-20-9-15-14(3-5-24(15)22-17)11-1-2-16-19-4-6-23(16)10-11/h1-6,9-10,12-13H,7-8,18H2,(H,21,22)/t12-,13-. The van der Waals surface area contributed by atoms with Crippen molar-refractivity contribution in [2.45, 2.75) is 24.9 Å². The van der Waals surface area contributed by atoms with E-state index >= 15 is 0 Å². The first-order valence-electron chi connectivity index (χ1n) is 8.06. The Morgan fingerprint density at radius 1 is 1.12 bits per heavy atom. The molecule has 4 aromatic heterocycles. The van der Waals surface area contributed by atoms with E-state index in [0.29, 0.717) is 18.0 Å². The number of pyridine rings is 1. The van der Waals surface area contributed by atoms with E-state index in [9.17, 15) is 0 Å². The molecule has 7 heteroatoms. The summed E-state index contributed by atoms with van der Waals surface area (Å²) in [6, 6.07) is 6.83. The number of fused-ring (bicyclic) bond motifs is 2. The molecular weight excluding hydrogens is 302 g/mol. The predicted octanol–water partition coefficient (Wildman–Crippen LogP) is 1.95. The van der Waals surface area contributed by atoms with E-state index in [-0.39, 0.29) is 0 Å². The van der Waals surface area contributed by atoms with Crippen LogP contribution in [0, 0.1) is 0 Å². The van der Waals surface area contributed by atoms with Crippen LogP contribution in [0.2, 0.25) is 0 Å². The van der Waals surface area contributed by atoms with Crippen molar-refractivity contribution in [1.29, 1.82) is 0 Å². The zero-order valence-corrected chi connectivity index (χ0v) is 13.0. The van der Waals surface area contributed by atoms with Crippen molar-refractivity contribution in [2.24, 2.45) is 5.73 Å². The van der Waals surface area contributed by atoms with Gasteiger partial charge in [0.1, 0.15) is 5.65 Å². The lowest BCUT2D eigenvalue weighted by Crippen LogP contribution is -2.44. The third kappa shape index (κ3) is 2.13. The normalized spacial score (nSPS) is 20.4. The molecule has 0 atom stereocenters. The summed E-state index contributed by atoms with van der Waals surface area (Å²) in [5.41, 5.74) is 9.94. The minimum Gasteiger partial charge on any atom is -0.350 e.